The number of benzene rings is 1. The molecule has 0 radical (unpaired) electrons. The maximum atomic E-state index is 12.5. The minimum Gasteiger partial charge on any atom is -0.497 e. The zero-order valence-electron chi connectivity index (χ0n) is 12.2. The first-order valence-corrected chi connectivity index (χ1v) is 7.72. The molecule has 1 amide bonds. The molecular weight excluding hydrogens is 302 g/mol. The van der Waals surface area contributed by atoms with E-state index in [2.05, 4.69) is 14.3 Å². The first kappa shape index (κ1) is 14.6. The molecule has 0 aliphatic carbocycles. The zero-order valence-corrected chi connectivity index (χ0v) is 13.0. The van der Waals surface area contributed by atoms with Crippen molar-refractivity contribution in [3.05, 3.63) is 29.8 Å². The molecule has 2 aromatic rings. The Bertz CT molecular complexity index is 650. The maximum Gasteiger partial charge on any atom is 0.253 e. The highest BCUT2D eigenvalue weighted by atomic mass is 32.1. The lowest BCUT2D eigenvalue weighted by atomic mass is 10.1. The number of nitrogens with two attached hydrogens (primary N) is 1. The van der Waals surface area contributed by atoms with Gasteiger partial charge < -0.3 is 20.3 Å². The lowest BCUT2D eigenvalue weighted by Gasteiger charge is -2.34. The number of piperazine rings is 1. The number of nitrogens with zero attached hydrogens (tertiary/aromatic N) is 4. The van der Waals surface area contributed by atoms with Crippen LogP contribution in [0.5, 0.6) is 5.75 Å². The molecule has 0 spiro atoms. The Morgan fingerprint density at radius 2 is 1.91 bits per heavy atom. The molecule has 1 aliphatic heterocycles. The van der Waals surface area contributed by atoms with Crippen LogP contribution in [0.25, 0.3) is 0 Å². The number of carbonyl (C=O) groups excluding carboxylic acids is 1. The van der Waals surface area contributed by atoms with E-state index in [1.54, 1.807) is 31.4 Å². The summed E-state index contributed by atoms with van der Waals surface area (Å²) >= 11 is 1.29. The van der Waals surface area contributed by atoms with Crippen molar-refractivity contribution in [1.29, 1.82) is 0 Å². The van der Waals surface area contributed by atoms with E-state index >= 15 is 0 Å². The highest BCUT2D eigenvalue weighted by molar-refractivity contribution is 7.09. The van der Waals surface area contributed by atoms with Crippen molar-refractivity contribution in [3.8, 4) is 5.75 Å². The van der Waals surface area contributed by atoms with Crippen molar-refractivity contribution < 1.29 is 9.53 Å². The van der Waals surface area contributed by atoms with Crippen molar-refractivity contribution in [2.24, 2.45) is 0 Å². The molecule has 0 atom stereocenters. The molecule has 1 aromatic carbocycles. The van der Waals surface area contributed by atoms with Gasteiger partial charge >= 0.3 is 0 Å². The third-order valence-corrected chi connectivity index (χ3v) is 4.40. The highest BCUT2D eigenvalue weighted by Gasteiger charge is 2.23. The van der Waals surface area contributed by atoms with Crippen LogP contribution in [-0.2, 0) is 0 Å². The number of anilines is 2. The average molecular weight is 319 g/mol. The van der Waals surface area contributed by atoms with Gasteiger partial charge in [-0.05, 0) is 24.3 Å². The molecule has 1 fully saturated rings. The fourth-order valence-corrected chi connectivity index (χ4v) is 3.02. The van der Waals surface area contributed by atoms with E-state index in [4.69, 9.17) is 10.5 Å². The lowest BCUT2D eigenvalue weighted by molar-refractivity contribution is 0.0746. The van der Waals surface area contributed by atoms with E-state index in [0.717, 1.165) is 24.0 Å². The molecule has 0 unspecified atom stereocenters. The SMILES string of the molecule is COc1ccc(C(=O)N2CCN(c3nc(N)ns3)CC2)cc1. The third-order valence-electron chi connectivity index (χ3n) is 3.61. The van der Waals surface area contributed by atoms with Gasteiger partial charge in [0, 0.05) is 43.3 Å². The van der Waals surface area contributed by atoms with Gasteiger partial charge in [-0.15, -0.1) is 0 Å². The topological polar surface area (TPSA) is 84.6 Å². The normalized spacial score (nSPS) is 15.0. The minimum atomic E-state index is 0.0408. The predicted molar refractivity (Wildman–Crippen MR) is 85.4 cm³/mol. The first-order valence-electron chi connectivity index (χ1n) is 6.95. The van der Waals surface area contributed by atoms with Crippen molar-refractivity contribution in [1.82, 2.24) is 14.3 Å². The van der Waals surface area contributed by atoms with Gasteiger partial charge in [-0.3, -0.25) is 4.79 Å². The summed E-state index contributed by atoms with van der Waals surface area (Å²) in [5.41, 5.74) is 6.22. The molecule has 116 valence electrons. The molecular formula is C14H17N5O2S. The second-order valence-electron chi connectivity index (χ2n) is 4.94. The Hall–Kier alpha value is -2.35. The Kier molecular flexibility index (Phi) is 4.10. The van der Waals surface area contributed by atoms with Crippen molar-refractivity contribution in [3.63, 3.8) is 0 Å². The van der Waals surface area contributed by atoms with Gasteiger partial charge in [0.25, 0.3) is 5.91 Å². The number of hydrogen-bond acceptors (Lipinski definition) is 7. The van der Waals surface area contributed by atoms with E-state index in [1.807, 2.05) is 4.90 Å². The summed E-state index contributed by atoms with van der Waals surface area (Å²) in [6.45, 7) is 2.78. The van der Waals surface area contributed by atoms with E-state index in [0.29, 0.717) is 24.6 Å². The number of methoxy groups -OCH3 is 1. The molecule has 0 saturated carbocycles. The van der Waals surface area contributed by atoms with Crippen LogP contribution in [0.4, 0.5) is 11.1 Å². The fraction of sp³-hybridized carbons (Fsp3) is 0.357. The van der Waals surface area contributed by atoms with E-state index < -0.39 is 0 Å². The van der Waals surface area contributed by atoms with Gasteiger partial charge in [-0.2, -0.15) is 9.36 Å². The van der Waals surface area contributed by atoms with Crippen LogP contribution in [0.1, 0.15) is 10.4 Å². The Balaban J connectivity index is 1.61. The second-order valence-corrected chi connectivity index (χ2v) is 5.67. The smallest absolute Gasteiger partial charge is 0.253 e. The third kappa shape index (κ3) is 2.96. The number of aromatic nitrogens is 2. The summed E-state index contributed by atoms with van der Waals surface area (Å²) in [6.07, 6.45) is 0. The van der Waals surface area contributed by atoms with E-state index in [-0.39, 0.29) is 5.91 Å². The van der Waals surface area contributed by atoms with Gasteiger partial charge in [-0.25, -0.2) is 0 Å². The van der Waals surface area contributed by atoms with Crippen LogP contribution in [-0.4, -0.2) is 53.5 Å². The summed E-state index contributed by atoms with van der Waals surface area (Å²) in [7, 11) is 1.61. The number of nitrogen functional groups attached to an aromatic ring is 1. The molecule has 2 N–H and O–H groups in total. The number of amides is 1. The minimum absolute atomic E-state index is 0.0408. The number of hydrogen-bond donors (Lipinski definition) is 1. The first-order chi connectivity index (χ1) is 10.7. The average Bonchev–Trinajstić information content (AvgIpc) is 3.01. The zero-order chi connectivity index (χ0) is 15.5. The lowest BCUT2D eigenvalue weighted by Crippen LogP contribution is -2.48. The maximum absolute atomic E-state index is 12.5. The molecule has 0 bridgehead atoms. The largest absolute Gasteiger partial charge is 0.497 e. The molecule has 1 aliphatic rings. The molecule has 3 rings (SSSR count). The highest BCUT2D eigenvalue weighted by Crippen LogP contribution is 2.20. The number of carbonyl (C=O) groups is 1. The van der Waals surface area contributed by atoms with Crippen LogP contribution < -0.4 is 15.4 Å². The monoisotopic (exact) mass is 319 g/mol. The summed E-state index contributed by atoms with van der Waals surface area (Å²) in [4.78, 5) is 20.6. The van der Waals surface area contributed by atoms with Crippen LogP contribution in [0.3, 0.4) is 0 Å². The fourth-order valence-electron chi connectivity index (χ4n) is 2.37. The molecule has 1 aromatic heterocycles. The van der Waals surface area contributed by atoms with Crippen molar-refractivity contribution in [2.75, 3.05) is 43.9 Å². The van der Waals surface area contributed by atoms with Gasteiger partial charge in [0.2, 0.25) is 11.1 Å². The second kappa shape index (κ2) is 6.18. The molecule has 7 nitrogen and oxygen atoms in total. The van der Waals surface area contributed by atoms with Crippen LogP contribution in [0.2, 0.25) is 0 Å². The van der Waals surface area contributed by atoms with E-state index in [1.165, 1.54) is 11.5 Å². The van der Waals surface area contributed by atoms with Gasteiger partial charge in [-0.1, -0.05) is 0 Å². The molecule has 2 heterocycles. The van der Waals surface area contributed by atoms with Crippen LogP contribution in [0, 0.1) is 0 Å². The standard InChI is InChI=1S/C14H17N5O2S/c1-21-11-4-2-10(3-5-11)12(20)18-6-8-19(9-7-18)14-16-13(15)17-22-14/h2-5H,6-9H2,1H3,(H2,15,17). The van der Waals surface area contributed by atoms with Crippen LogP contribution >= 0.6 is 11.5 Å². The summed E-state index contributed by atoms with van der Waals surface area (Å²) in [6, 6.07) is 7.18. The Morgan fingerprint density at radius 3 is 2.45 bits per heavy atom. The van der Waals surface area contributed by atoms with Gasteiger partial charge in [0.15, 0.2) is 0 Å². The Morgan fingerprint density at radius 1 is 1.23 bits per heavy atom. The van der Waals surface area contributed by atoms with Gasteiger partial charge in [0.05, 0.1) is 7.11 Å². The number of ether oxygens (including phenoxy) is 1. The predicted octanol–water partition coefficient (Wildman–Crippen LogP) is 1.09. The molecule has 1 saturated heterocycles. The molecule has 8 heteroatoms. The summed E-state index contributed by atoms with van der Waals surface area (Å²) in [5.74, 6) is 1.09. The summed E-state index contributed by atoms with van der Waals surface area (Å²) in [5, 5.41) is 0.814. The summed E-state index contributed by atoms with van der Waals surface area (Å²) < 4.78 is 9.09. The van der Waals surface area contributed by atoms with Crippen molar-refractivity contribution >= 4 is 28.5 Å². The molecule has 22 heavy (non-hydrogen) atoms. The van der Waals surface area contributed by atoms with E-state index in [9.17, 15) is 4.79 Å². The van der Waals surface area contributed by atoms with Gasteiger partial charge in [0.1, 0.15) is 5.75 Å². The van der Waals surface area contributed by atoms with Crippen molar-refractivity contribution in [2.45, 2.75) is 0 Å². The van der Waals surface area contributed by atoms with Crippen LogP contribution in [0.15, 0.2) is 24.3 Å². The number of rotatable bonds is 3. The Labute approximate surface area is 132 Å². The quantitative estimate of drug-likeness (QED) is 0.911.